The van der Waals surface area contributed by atoms with Crippen LogP contribution in [0.3, 0.4) is 0 Å². The number of methoxy groups -OCH3 is 2. The molecule has 1 amide bonds. The van der Waals surface area contributed by atoms with Crippen LogP contribution < -0.4 is 19.7 Å². The van der Waals surface area contributed by atoms with Gasteiger partial charge in [0, 0.05) is 58.3 Å². The SMILES string of the molecule is COc1ccc(CNC(=O)CC[C@@H]2CN(CC(C)C)CC[C@@H]2N2CCN(c3ccccc3F)CC2)cc1OC. The van der Waals surface area contributed by atoms with E-state index in [-0.39, 0.29) is 11.7 Å². The van der Waals surface area contributed by atoms with Gasteiger partial charge < -0.3 is 24.6 Å². The number of para-hydroxylation sites is 1. The Kier molecular flexibility index (Phi) is 10.5. The molecule has 0 spiro atoms. The smallest absolute Gasteiger partial charge is 0.220 e. The van der Waals surface area contributed by atoms with E-state index in [9.17, 15) is 9.18 Å². The van der Waals surface area contributed by atoms with Crippen molar-refractivity contribution in [3.63, 3.8) is 0 Å². The maximum absolute atomic E-state index is 14.3. The highest BCUT2D eigenvalue weighted by atomic mass is 19.1. The number of halogens is 1. The third kappa shape index (κ3) is 7.85. The molecule has 2 aromatic carbocycles. The van der Waals surface area contributed by atoms with Crippen molar-refractivity contribution in [1.82, 2.24) is 15.1 Å². The number of piperazine rings is 1. The van der Waals surface area contributed by atoms with Crippen molar-refractivity contribution in [2.24, 2.45) is 11.8 Å². The number of nitrogens with zero attached hydrogens (tertiary/aromatic N) is 3. The van der Waals surface area contributed by atoms with E-state index in [1.807, 2.05) is 30.3 Å². The first kappa shape index (κ1) is 29.2. The molecule has 2 heterocycles. The van der Waals surface area contributed by atoms with E-state index >= 15 is 0 Å². The predicted molar refractivity (Wildman–Crippen MR) is 154 cm³/mol. The van der Waals surface area contributed by atoms with Gasteiger partial charge in [0.25, 0.3) is 0 Å². The zero-order valence-electron chi connectivity index (χ0n) is 24.0. The number of rotatable bonds is 11. The van der Waals surface area contributed by atoms with E-state index in [1.165, 1.54) is 0 Å². The molecule has 7 nitrogen and oxygen atoms in total. The Hall–Kier alpha value is -2.84. The van der Waals surface area contributed by atoms with Gasteiger partial charge in [0.15, 0.2) is 11.5 Å². The van der Waals surface area contributed by atoms with Crippen LogP contribution in [0.5, 0.6) is 11.5 Å². The van der Waals surface area contributed by atoms with E-state index in [2.05, 4.69) is 33.9 Å². The quantitative estimate of drug-likeness (QED) is 0.456. The lowest BCUT2D eigenvalue weighted by molar-refractivity contribution is -0.121. The third-order valence-corrected chi connectivity index (χ3v) is 8.06. The van der Waals surface area contributed by atoms with E-state index in [4.69, 9.17) is 9.47 Å². The maximum Gasteiger partial charge on any atom is 0.220 e. The van der Waals surface area contributed by atoms with Crippen LogP contribution in [0.25, 0.3) is 0 Å². The first-order valence-electron chi connectivity index (χ1n) is 14.3. The molecule has 1 N–H and O–H groups in total. The molecule has 0 radical (unpaired) electrons. The number of anilines is 1. The van der Waals surface area contributed by atoms with Crippen LogP contribution in [0.4, 0.5) is 10.1 Å². The lowest BCUT2D eigenvalue weighted by atomic mass is 9.86. The average molecular weight is 541 g/mol. The van der Waals surface area contributed by atoms with Crippen molar-refractivity contribution in [3.05, 3.63) is 53.8 Å². The summed E-state index contributed by atoms with van der Waals surface area (Å²) in [5.74, 6) is 2.32. The average Bonchev–Trinajstić information content (AvgIpc) is 2.95. The number of carbonyl (C=O) groups is 1. The lowest BCUT2D eigenvalue weighted by Crippen LogP contribution is -2.57. The monoisotopic (exact) mass is 540 g/mol. The molecular weight excluding hydrogens is 495 g/mol. The molecule has 2 aromatic rings. The Morgan fingerprint density at radius 3 is 2.46 bits per heavy atom. The molecule has 39 heavy (non-hydrogen) atoms. The molecule has 0 aromatic heterocycles. The van der Waals surface area contributed by atoms with Crippen molar-refractivity contribution >= 4 is 11.6 Å². The van der Waals surface area contributed by atoms with Crippen LogP contribution in [-0.4, -0.2) is 81.8 Å². The normalized spacial score (nSPS) is 20.7. The summed E-state index contributed by atoms with van der Waals surface area (Å²) < 4.78 is 25.0. The van der Waals surface area contributed by atoms with E-state index in [0.29, 0.717) is 48.0 Å². The first-order chi connectivity index (χ1) is 18.9. The van der Waals surface area contributed by atoms with Crippen molar-refractivity contribution < 1.29 is 18.7 Å². The van der Waals surface area contributed by atoms with Crippen LogP contribution in [0.1, 0.15) is 38.7 Å². The zero-order chi connectivity index (χ0) is 27.8. The summed E-state index contributed by atoms with van der Waals surface area (Å²) in [5, 5.41) is 3.09. The molecule has 0 unspecified atom stereocenters. The second kappa shape index (κ2) is 14.0. The van der Waals surface area contributed by atoms with Crippen molar-refractivity contribution in [1.29, 1.82) is 0 Å². The topological polar surface area (TPSA) is 57.3 Å². The van der Waals surface area contributed by atoms with Gasteiger partial charge in [-0.15, -0.1) is 0 Å². The van der Waals surface area contributed by atoms with Crippen LogP contribution >= 0.6 is 0 Å². The van der Waals surface area contributed by atoms with Crippen LogP contribution in [-0.2, 0) is 11.3 Å². The fourth-order valence-corrected chi connectivity index (χ4v) is 6.14. The number of ether oxygens (including phenoxy) is 2. The number of hydrogen-bond acceptors (Lipinski definition) is 6. The van der Waals surface area contributed by atoms with Crippen molar-refractivity contribution in [3.8, 4) is 11.5 Å². The summed E-state index contributed by atoms with van der Waals surface area (Å²) >= 11 is 0. The molecule has 2 aliphatic rings. The minimum absolute atomic E-state index is 0.0777. The van der Waals surface area contributed by atoms with Gasteiger partial charge in [-0.25, -0.2) is 4.39 Å². The first-order valence-corrected chi connectivity index (χ1v) is 14.3. The van der Waals surface area contributed by atoms with E-state index in [0.717, 1.165) is 64.2 Å². The van der Waals surface area contributed by atoms with Gasteiger partial charge in [-0.2, -0.15) is 0 Å². The number of nitrogens with one attached hydrogen (secondary N) is 1. The van der Waals surface area contributed by atoms with Crippen LogP contribution in [0.2, 0.25) is 0 Å². The van der Waals surface area contributed by atoms with Gasteiger partial charge >= 0.3 is 0 Å². The van der Waals surface area contributed by atoms with Gasteiger partial charge in [0.2, 0.25) is 5.91 Å². The fraction of sp³-hybridized carbons (Fsp3) is 0.581. The summed E-state index contributed by atoms with van der Waals surface area (Å²) in [4.78, 5) is 20.2. The highest BCUT2D eigenvalue weighted by Crippen LogP contribution is 2.30. The highest BCUT2D eigenvalue weighted by molar-refractivity contribution is 5.75. The van der Waals surface area contributed by atoms with E-state index < -0.39 is 0 Å². The zero-order valence-corrected chi connectivity index (χ0v) is 24.0. The highest BCUT2D eigenvalue weighted by Gasteiger charge is 2.35. The number of carbonyl (C=O) groups excluding carboxylic acids is 1. The van der Waals surface area contributed by atoms with Crippen LogP contribution in [0.15, 0.2) is 42.5 Å². The standard InChI is InChI=1S/C31H45FN4O3/c1-23(2)21-34-14-13-27(35-15-17-36(18-16-35)28-8-6-5-7-26(28)32)25(22-34)10-12-31(37)33-20-24-9-11-29(38-3)30(19-24)39-4/h5-9,11,19,23,25,27H,10,12-18,20-22H2,1-4H3,(H,33,37)/t25-,27+/m1/s1. The summed E-state index contributed by atoms with van der Waals surface area (Å²) in [6, 6.07) is 13.2. The number of likely N-dealkylation sites (tertiary alicyclic amines) is 1. The molecule has 2 atom stereocenters. The lowest BCUT2D eigenvalue weighted by Gasteiger charge is -2.47. The number of piperidine rings is 1. The Morgan fingerprint density at radius 1 is 1.03 bits per heavy atom. The predicted octanol–water partition coefficient (Wildman–Crippen LogP) is 4.41. The number of hydrogen-bond donors (Lipinski definition) is 1. The number of benzene rings is 2. The second-order valence-corrected chi connectivity index (χ2v) is 11.2. The molecule has 0 bridgehead atoms. The van der Waals surface area contributed by atoms with E-state index in [1.54, 1.807) is 26.4 Å². The molecule has 2 fully saturated rings. The molecule has 2 aliphatic heterocycles. The van der Waals surface area contributed by atoms with Gasteiger partial charge in [0.05, 0.1) is 19.9 Å². The van der Waals surface area contributed by atoms with Gasteiger partial charge in [-0.3, -0.25) is 9.69 Å². The number of amides is 1. The Balaban J connectivity index is 1.33. The summed E-state index contributed by atoms with van der Waals surface area (Å²) in [7, 11) is 3.23. The minimum Gasteiger partial charge on any atom is -0.493 e. The van der Waals surface area contributed by atoms with Gasteiger partial charge in [-0.05, 0) is 61.1 Å². The summed E-state index contributed by atoms with van der Waals surface area (Å²) in [6.07, 6.45) is 2.49. The molecule has 0 saturated carbocycles. The Labute approximate surface area is 233 Å². The Bertz CT molecular complexity index is 1070. The second-order valence-electron chi connectivity index (χ2n) is 11.2. The summed E-state index contributed by atoms with van der Waals surface area (Å²) in [5.41, 5.74) is 1.68. The van der Waals surface area contributed by atoms with Gasteiger partial charge in [-0.1, -0.05) is 32.0 Å². The van der Waals surface area contributed by atoms with Gasteiger partial charge in [0.1, 0.15) is 5.82 Å². The van der Waals surface area contributed by atoms with Crippen molar-refractivity contribution in [2.45, 2.75) is 45.7 Å². The maximum atomic E-state index is 14.3. The Morgan fingerprint density at radius 2 is 1.77 bits per heavy atom. The van der Waals surface area contributed by atoms with Crippen molar-refractivity contribution in [2.75, 3.05) is 64.9 Å². The molecule has 2 saturated heterocycles. The largest absolute Gasteiger partial charge is 0.493 e. The molecule has 8 heteroatoms. The molecule has 4 rings (SSSR count). The minimum atomic E-state index is -0.148. The molecule has 0 aliphatic carbocycles. The fourth-order valence-electron chi connectivity index (χ4n) is 6.14. The molecular formula is C31H45FN4O3. The molecule has 214 valence electrons. The third-order valence-electron chi connectivity index (χ3n) is 8.06. The summed E-state index contributed by atoms with van der Waals surface area (Å²) in [6.45, 7) is 11.7. The van der Waals surface area contributed by atoms with Crippen LogP contribution in [0, 0.1) is 17.7 Å².